The summed E-state index contributed by atoms with van der Waals surface area (Å²) in [6, 6.07) is 11.8. The number of nitriles is 2. The van der Waals surface area contributed by atoms with Crippen LogP contribution in [-0.2, 0) is 29.8 Å². The highest BCUT2D eigenvalue weighted by Gasteiger charge is 2.32. The molecule has 28 heteroatoms. The second-order valence-electron chi connectivity index (χ2n) is 21.4. The second kappa shape index (κ2) is 27.2. The first-order valence-electron chi connectivity index (χ1n) is 27.6. The van der Waals surface area contributed by atoms with Crippen LogP contribution in [0.4, 0.5) is 34.6 Å². The summed E-state index contributed by atoms with van der Waals surface area (Å²) in [6.07, 6.45) is 8.09. The number of carbonyl (C=O) groups excluding carboxylic acids is 4. The topological polar surface area (TPSA) is 384 Å². The SMILES string of the molecule is CCCCOC(=O)c1cc(C(=O)OCCCC)cc(-n2ncc(C#N)c2N=Nc2c(C(C)(C)C)nn(-c3nc(O)nc(-n4nc(C(C)(C)C)c(N=Nc5c(C#N)cnn5-c5cc(C(=O)OCCCC)cc(C(=O)OCCCC)c5)c4N)n3)c2N)c1. The lowest BCUT2D eigenvalue weighted by molar-refractivity contribution is 0.0479. The van der Waals surface area contributed by atoms with Crippen LogP contribution < -0.4 is 11.5 Å². The average Bonchev–Trinajstić information content (AvgIpc) is 2.63. The molecular formula is C57H67N19O9. The Morgan fingerprint density at radius 3 is 1.12 bits per heavy atom. The number of azo groups is 2. The minimum atomic E-state index is -0.802. The van der Waals surface area contributed by atoms with Crippen LogP contribution in [0.3, 0.4) is 0 Å². The van der Waals surface area contributed by atoms with Gasteiger partial charge in [0.15, 0.2) is 34.6 Å². The number of aromatic nitrogens is 11. The summed E-state index contributed by atoms with van der Waals surface area (Å²) in [6.45, 7) is 19.4. The Morgan fingerprint density at radius 2 is 0.835 bits per heavy atom. The van der Waals surface area contributed by atoms with E-state index in [0.29, 0.717) is 25.7 Å². The molecule has 5 N–H and O–H groups in total. The van der Waals surface area contributed by atoms with E-state index in [1.165, 1.54) is 58.2 Å². The number of anilines is 2. The fourth-order valence-corrected chi connectivity index (χ4v) is 8.01. The first-order valence-corrected chi connectivity index (χ1v) is 27.6. The zero-order chi connectivity index (χ0) is 61.8. The van der Waals surface area contributed by atoms with E-state index in [1.54, 1.807) is 0 Å². The quantitative estimate of drug-likeness (QED) is 0.0219. The highest BCUT2D eigenvalue weighted by Crippen LogP contribution is 2.41. The average molecular weight is 1160 g/mol. The largest absolute Gasteiger partial charge is 0.479 e. The number of aromatic hydroxyl groups is 1. The van der Waals surface area contributed by atoms with Crippen molar-refractivity contribution in [2.24, 2.45) is 20.5 Å². The van der Waals surface area contributed by atoms with Crippen LogP contribution in [-0.4, -0.2) is 109 Å². The van der Waals surface area contributed by atoms with Gasteiger partial charge in [-0.15, -0.1) is 20.5 Å². The maximum atomic E-state index is 13.3. The van der Waals surface area contributed by atoms with Crippen LogP contribution in [0.2, 0.25) is 0 Å². The van der Waals surface area contributed by atoms with Crippen LogP contribution in [0.5, 0.6) is 6.01 Å². The lowest BCUT2D eigenvalue weighted by Crippen LogP contribution is -2.16. The summed E-state index contributed by atoms with van der Waals surface area (Å²) in [7, 11) is 0. The molecule has 0 aliphatic carbocycles. The van der Waals surface area contributed by atoms with Gasteiger partial charge < -0.3 is 35.5 Å². The molecule has 0 spiro atoms. The molecule has 5 aromatic heterocycles. The van der Waals surface area contributed by atoms with Crippen molar-refractivity contribution in [3.05, 3.63) is 93.6 Å². The zero-order valence-electron chi connectivity index (χ0n) is 49.1. The van der Waals surface area contributed by atoms with Crippen LogP contribution >= 0.6 is 0 Å². The Bertz CT molecular complexity index is 3450. The maximum absolute atomic E-state index is 13.3. The van der Waals surface area contributed by atoms with E-state index >= 15 is 0 Å². The lowest BCUT2D eigenvalue weighted by Gasteiger charge is -2.15. The van der Waals surface area contributed by atoms with Crippen molar-refractivity contribution in [3.8, 4) is 41.4 Å². The van der Waals surface area contributed by atoms with Crippen molar-refractivity contribution in [2.75, 3.05) is 37.9 Å². The first kappa shape index (κ1) is 62.4. The highest BCUT2D eigenvalue weighted by atomic mass is 16.5. The fourth-order valence-electron chi connectivity index (χ4n) is 8.01. The summed E-state index contributed by atoms with van der Waals surface area (Å²) < 4.78 is 26.6. The van der Waals surface area contributed by atoms with Gasteiger partial charge >= 0.3 is 29.9 Å². The molecule has 7 aromatic rings. The van der Waals surface area contributed by atoms with Gasteiger partial charge in [-0.1, -0.05) is 94.9 Å². The van der Waals surface area contributed by atoms with E-state index in [1.807, 2.05) is 69.2 Å². The maximum Gasteiger partial charge on any atom is 0.338 e. The predicted molar refractivity (Wildman–Crippen MR) is 308 cm³/mol. The molecule has 85 heavy (non-hydrogen) atoms. The number of nitrogens with two attached hydrogens (primary N) is 2. The molecule has 2 aromatic carbocycles. The highest BCUT2D eigenvalue weighted by molar-refractivity contribution is 5.97. The number of unbranched alkanes of at least 4 members (excludes halogenated alkanes) is 4. The monoisotopic (exact) mass is 1160 g/mol. The Labute approximate surface area is 489 Å². The summed E-state index contributed by atoms with van der Waals surface area (Å²) in [5, 5.41) is 67.9. The molecule has 5 heterocycles. The normalized spacial score (nSPS) is 11.7. The Kier molecular flexibility index (Phi) is 20.0. The molecule has 0 fully saturated rings. The molecule has 0 aliphatic heterocycles. The number of rotatable bonds is 24. The van der Waals surface area contributed by atoms with E-state index < -0.39 is 40.7 Å². The number of hydrogen-bond donors (Lipinski definition) is 3. The van der Waals surface area contributed by atoms with Gasteiger partial charge in [0, 0.05) is 10.8 Å². The molecule has 0 saturated carbocycles. The van der Waals surface area contributed by atoms with Gasteiger partial charge in [0.05, 0.1) is 83.8 Å². The van der Waals surface area contributed by atoms with Crippen LogP contribution in [0.15, 0.2) is 69.2 Å². The third-order valence-electron chi connectivity index (χ3n) is 12.6. The molecule has 0 radical (unpaired) electrons. The molecule has 28 nitrogen and oxygen atoms in total. The zero-order valence-corrected chi connectivity index (χ0v) is 49.1. The van der Waals surface area contributed by atoms with Crippen molar-refractivity contribution in [1.29, 1.82) is 10.5 Å². The molecule has 0 unspecified atom stereocenters. The van der Waals surface area contributed by atoms with Crippen LogP contribution in [0.25, 0.3) is 23.3 Å². The molecule has 0 bridgehead atoms. The molecule has 444 valence electrons. The lowest BCUT2D eigenvalue weighted by atomic mass is 9.91. The van der Waals surface area contributed by atoms with Crippen LogP contribution in [0.1, 0.15) is 185 Å². The molecule has 0 amide bonds. The second-order valence-corrected chi connectivity index (χ2v) is 21.4. The predicted octanol–water partition coefficient (Wildman–Crippen LogP) is 10.5. The number of nitrogen functional groups attached to an aromatic ring is 2. The Morgan fingerprint density at radius 1 is 0.518 bits per heavy atom. The molecule has 0 aliphatic rings. The van der Waals surface area contributed by atoms with Crippen molar-refractivity contribution in [1.82, 2.24) is 54.1 Å². The molecule has 0 saturated heterocycles. The van der Waals surface area contributed by atoms with Gasteiger partial charge in [0.2, 0.25) is 0 Å². The number of benzene rings is 2. The number of esters is 4. The first-order chi connectivity index (χ1) is 40.6. The summed E-state index contributed by atoms with van der Waals surface area (Å²) in [4.78, 5) is 66.1. The number of hydrogen-bond acceptors (Lipinski definition) is 24. The fraction of sp³-hybridized carbons (Fsp3) is 0.421. The van der Waals surface area contributed by atoms with Gasteiger partial charge in [-0.05, 0) is 62.1 Å². The Balaban J connectivity index is 1.29. The third-order valence-corrected chi connectivity index (χ3v) is 12.6. The van der Waals surface area contributed by atoms with Crippen molar-refractivity contribution >= 4 is 58.5 Å². The van der Waals surface area contributed by atoms with E-state index in [4.69, 9.17) is 40.6 Å². The van der Waals surface area contributed by atoms with Gasteiger partial charge in [0.25, 0.3) is 11.9 Å². The smallest absolute Gasteiger partial charge is 0.338 e. The van der Waals surface area contributed by atoms with Crippen molar-refractivity contribution in [3.63, 3.8) is 0 Å². The van der Waals surface area contributed by atoms with E-state index in [9.17, 15) is 34.8 Å². The third kappa shape index (κ3) is 14.5. The minimum Gasteiger partial charge on any atom is -0.479 e. The van der Waals surface area contributed by atoms with Crippen molar-refractivity contribution in [2.45, 2.75) is 131 Å². The number of ether oxygens (including phenoxy) is 4. The molecule has 7 rings (SSSR count). The summed E-state index contributed by atoms with van der Waals surface area (Å²) in [5.74, 6) is -3.97. The molecular weight excluding hydrogens is 1090 g/mol. The number of carbonyl (C=O) groups is 4. The van der Waals surface area contributed by atoms with E-state index in [2.05, 4.69) is 57.7 Å². The van der Waals surface area contributed by atoms with Crippen LogP contribution in [0, 0.1) is 22.7 Å². The van der Waals surface area contributed by atoms with Crippen molar-refractivity contribution < 1.29 is 43.2 Å². The van der Waals surface area contributed by atoms with Gasteiger partial charge in [-0.2, -0.15) is 55.2 Å². The molecule has 0 atom stereocenters. The summed E-state index contributed by atoms with van der Waals surface area (Å²) >= 11 is 0. The standard InChI is InChI=1S/C57H67N19O9/c1-11-15-19-82-49(77)33-23-34(50(78)83-20-16-12-2)26-39(25-33)73-47(37(29-58)31-62-73)69-67-41-43(56(5,6)7)71-75(45(41)60)53-64-54(66-55(81)65-53)76-46(61)42(44(72-76)57(8,9)10)68-70-48-38(30-59)32-63-74(48)40-27-35(51(79)84-21-17-13-3)24-36(28-40)52(80)85-22-18-14-4/h23-28,31-32H,11-22,60-61H2,1-10H3,(H,64,65,66,81). The van der Waals surface area contributed by atoms with E-state index in [0.717, 1.165) is 35.0 Å². The number of nitrogens with zero attached hydrogens (tertiary/aromatic N) is 17. The van der Waals surface area contributed by atoms with Gasteiger partial charge in [-0.3, -0.25) is 0 Å². The van der Waals surface area contributed by atoms with Gasteiger partial charge in [-0.25, -0.2) is 28.5 Å². The Hall–Kier alpha value is -10.3. The van der Waals surface area contributed by atoms with E-state index in [-0.39, 0.29) is 129 Å². The minimum absolute atomic E-state index is 0.00750. The summed E-state index contributed by atoms with van der Waals surface area (Å²) in [5.41, 5.74) is 13.0. The van der Waals surface area contributed by atoms with Gasteiger partial charge in [0.1, 0.15) is 23.3 Å².